The molecule has 2 aromatic rings. The topological polar surface area (TPSA) is 108 Å². The molecule has 12 heteroatoms. The third kappa shape index (κ3) is 4.37. The Balaban J connectivity index is 1.38. The quantitative estimate of drug-likeness (QED) is 0.551. The molecule has 1 aliphatic carbocycles. The van der Waals surface area contributed by atoms with Gasteiger partial charge in [-0.25, -0.2) is 27.7 Å². The van der Waals surface area contributed by atoms with Crippen molar-refractivity contribution < 1.29 is 37.1 Å². The van der Waals surface area contributed by atoms with E-state index >= 15 is 0 Å². The van der Waals surface area contributed by atoms with Crippen LogP contribution in [0.2, 0.25) is 0 Å². The number of ether oxygens (including phenoxy) is 1. The third-order valence-electron chi connectivity index (χ3n) is 7.79. The summed E-state index contributed by atoms with van der Waals surface area (Å²) in [5.41, 5.74) is 0.252. The highest BCUT2D eigenvalue weighted by Crippen LogP contribution is 2.46. The van der Waals surface area contributed by atoms with E-state index in [0.717, 1.165) is 22.6 Å². The largest absolute Gasteiger partial charge is 0.427 e. The van der Waals surface area contributed by atoms with Gasteiger partial charge in [-0.1, -0.05) is 13.0 Å². The summed E-state index contributed by atoms with van der Waals surface area (Å²) >= 11 is 0. The van der Waals surface area contributed by atoms with E-state index < -0.39 is 59.6 Å². The number of imide groups is 1. The minimum atomic E-state index is -1.59. The van der Waals surface area contributed by atoms with Gasteiger partial charge in [0.2, 0.25) is 11.5 Å². The van der Waals surface area contributed by atoms with E-state index in [0.29, 0.717) is 36.9 Å². The van der Waals surface area contributed by atoms with E-state index in [2.05, 4.69) is 10.6 Å². The number of fused-ring (bicyclic) bond motifs is 2. The van der Waals surface area contributed by atoms with Crippen LogP contribution in [-0.2, 0) is 26.3 Å². The Bertz CT molecular complexity index is 1360. The smallest absolute Gasteiger partial charge is 0.418 e. The second kappa shape index (κ2) is 9.90. The molecule has 0 radical (unpaired) electrons. The zero-order chi connectivity index (χ0) is 28.1. The van der Waals surface area contributed by atoms with Gasteiger partial charge >= 0.3 is 12.1 Å². The molecular weight excluding hydrogens is 517 g/mol. The number of carbonyl (C=O) groups excluding carboxylic acids is 4. The Kier molecular flexibility index (Phi) is 6.73. The van der Waals surface area contributed by atoms with E-state index in [1.807, 2.05) is 6.92 Å². The second-order valence-corrected chi connectivity index (χ2v) is 9.92. The summed E-state index contributed by atoms with van der Waals surface area (Å²) in [7, 11) is 1.48. The number of rotatable bonds is 5. The highest BCUT2D eigenvalue weighted by Gasteiger charge is 2.58. The van der Waals surface area contributed by atoms with Crippen LogP contribution in [0, 0.1) is 17.5 Å². The van der Waals surface area contributed by atoms with E-state index in [-0.39, 0.29) is 18.0 Å². The first-order valence-corrected chi connectivity index (χ1v) is 12.7. The number of anilines is 1. The number of nitrogens with one attached hydrogen (secondary N) is 2. The molecule has 0 aromatic heterocycles. The Morgan fingerprint density at radius 1 is 1.10 bits per heavy atom. The van der Waals surface area contributed by atoms with Crippen LogP contribution in [0.25, 0.3) is 0 Å². The summed E-state index contributed by atoms with van der Waals surface area (Å²) < 4.78 is 47.1. The molecule has 2 aromatic carbocycles. The minimum absolute atomic E-state index is 0.105. The van der Waals surface area contributed by atoms with Crippen molar-refractivity contribution >= 4 is 29.6 Å². The predicted octanol–water partition coefficient (Wildman–Crippen LogP) is 4.12. The number of hydrogen-bond donors (Lipinski definition) is 2. The van der Waals surface area contributed by atoms with Crippen LogP contribution in [-0.4, -0.2) is 53.4 Å². The molecule has 9 nitrogen and oxygen atoms in total. The minimum Gasteiger partial charge on any atom is -0.427 e. The molecule has 0 saturated carbocycles. The Morgan fingerprint density at radius 3 is 2.49 bits per heavy atom. The summed E-state index contributed by atoms with van der Waals surface area (Å²) in [6.07, 6.45) is 1.09. The molecular formula is C27H27F3N4O5. The number of hydrogen-bond acceptors (Lipinski definition) is 5. The van der Waals surface area contributed by atoms with E-state index in [4.69, 9.17) is 4.74 Å². The summed E-state index contributed by atoms with van der Waals surface area (Å²) in [4.78, 5) is 53.8. The predicted molar refractivity (Wildman–Crippen MR) is 132 cm³/mol. The van der Waals surface area contributed by atoms with Gasteiger partial charge in [-0.15, -0.1) is 0 Å². The van der Waals surface area contributed by atoms with Crippen LogP contribution in [0.15, 0.2) is 30.3 Å². The van der Waals surface area contributed by atoms with Crippen LogP contribution in [0.4, 0.5) is 28.4 Å². The number of carbonyl (C=O) groups is 4. The molecule has 5 rings (SSSR count). The lowest BCUT2D eigenvalue weighted by atomic mass is 9.94. The first-order chi connectivity index (χ1) is 18.6. The monoisotopic (exact) mass is 544 g/mol. The van der Waals surface area contributed by atoms with Crippen LogP contribution in [0.1, 0.15) is 55.3 Å². The van der Waals surface area contributed by atoms with Crippen molar-refractivity contribution in [3.8, 4) is 0 Å². The number of likely N-dealkylation sites (tertiary alicyclic amines) is 1. The number of halogens is 3. The Morgan fingerprint density at radius 2 is 1.82 bits per heavy atom. The molecule has 3 atom stereocenters. The summed E-state index contributed by atoms with van der Waals surface area (Å²) in [5.74, 6) is -5.56. The fourth-order valence-electron chi connectivity index (χ4n) is 5.90. The molecule has 2 N–H and O–H groups in total. The fraction of sp³-hybridized carbons (Fsp3) is 0.407. The Labute approximate surface area is 222 Å². The van der Waals surface area contributed by atoms with Gasteiger partial charge in [0.05, 0.1) is 6.04 Å². The number of urea groups is 1. The summed E-state index contributed by atoms with van der Waals surface area (Å²) in [6.45, 7) is 1.25. The molecule has 39 heavy (non-hydrogen) atoms. The SMILES string of the molecule is CC[C@H]1CC[C@@H](c2cc(F)c(F)c(F)c2)N1C(=O)CN1C(=O)O[C@@]2(CCc3cc(NC(=O)NC)ccc32)C1=O. The molecule has 0 unspecified atom stereocenters. The average Bonchev–Trinajstić information content (AvgIpc) is 3.57. The van der Waals surface area contributed by atoms with Crippen LogP contribution >= 0.6 is 0 Å². The van der Waals surface area contributed by atoms with E-state index in [9.17, 15) is 32.3 Å². The molecule has 1 spiro atoms. The normalized spacial score (nSPS) is 23.8. The van der Waals surface area contributed by atoms with Crippen molar-refractivity contribution in [1.29, 1.82) is 0 Å². The van der Waals surface area contributed by atoms with Crippen LogP contribution in [0.3, 0.4) is 0 Å². The lowest BCUT2D eigenvalue weighted by Gasteiger charge is -2.31. The van der Waals surface area contributed by atoms with Crippen molar-refractivity contribution in [1.82, 2.24) is 15.1 Å². The molecule has 2 saturated heterocycles. The third-order valence-corrected chi connectivity index (χ3v) is 7.79. The first kappa shape index (κ1) is 26.5. The van der Waals surface area contributed by atoms with Crippen LogP contribution in [0.5, 0.6) is 0 Å². The maximum Gasteiger partial charge on any atom is 0.418 e. The van der Waals surface area contributed by atoms with Crippen molar-refractivity contribution in [3.05, 3.63) is 64.5 Å². The maximum atomic E-state index is 14.0. The highest BCUT2D eigenvalue weighted by atomic mass is 19.2. The van der Waals surface area contributed by atoms with Gasteiger partial charge in [-0.05, 0) is 61.1 Å². The van der Waals surface area contributed by atoms with Gasteiger partial charge in [-0.2, -0.15) is 0 Å². The van der Waals surface area contributed by atoms with Gasteiger partial charge in [0, 0.05) is 30.8 Å². The molecule has 3 aliphatic rings. The van der Waals surface area contributed by atoms with E-state index in [1.165, 1.54) is 11.9 Å². The van der Waals surface area contributed by atoms with Crippen molar-refractivity contribution in [2.75, 3.05) is 18.9 Å². The fourth-order valence-corrected chi connectivity index (χ4v) is 5.90. The van der Waals surface area contributed by atoms with Crippen molar-refractivity contribution in [2.24, 2.45) is 0 Å². The standard InChI is InChI=1S/C27H27F3N4O5/c1-3-17-5-7-21(15-11-19(28)23(30)20(29)12-15)34(17)22(35)13-33-24(36)27(39-26(33)38)9-8-14-10-16(4-6-18(14)27)32-25(37)31-2/h4,6,10-12,17,21H,3,5,7-9,13H2,1-2H3,(H2,31,32,37)/t17-,21-,27+/m0/s1. The number of aryl methyl sites for hydroxylation is 1. The molecule has 2 heterocycles. The van der Waals surface area contributed by atoms with Gasteiger partial charge in [-0.3, -0.25) is 9.59 Å². The zero-order valence-corrected chi connectivity index (χ0v) is 21.4. The lowest BCUT2D eigenvalue weighted by molar-refractivity contribution is -0.143. The highest BCUT2D eigenvalue weighted by molar-refractivity contribution is 6.06. The van der Waals surface area contributed by atoms with Crippen molar-refractivity contribution in [3.63, 3.8) is 0 Å². The van der Waals surface area contributed by atoms with Crippen molar-refractivity contribution in [2.45, 2.75) is 56.7 Å². The van der Waals surface area contributed by atoms with Gasteiger partial charge in [0.15, 0.2) is 17.5 Å². The van der Waals surface area contributed by atoms with Crippen LogP contribution < -0.4 is 10.6 Å². The number of nitrogens with zero attached hydrogens (tertiary/aromatic N) is 2. The number of benzene rings is 2. The summed E-state index contributed by atoms with van der Waals surface area (Å²) in [6, 6.07) is 5.21. The molecule has 2 fully saturated rings. The Hall–Kier alpha value is -4.09. The molecule has 5 amide bonds. The molecule has 2 aliphatic heterocycles. The average molecular weight is 545 g/mol. The second-order valence-electron chi connectivity index (χ2n) is 9.92. The lowest BCUT2D eigenvalue weighted by Crippen LogP contribution is -2.46. The van der Waals surface area contributed by atoms with E-state index in [1.54, 1.807) is 18.2 Å². The zero-order valence-electron chi connectivity index (χ0n) is 21.4. The van der Waals surface area contributed by atoms with Gasteiger partial charge < -0.3 is 20.3 Å². The van der Waals surface area contributed by atoms with Gasteiger partial charge in [0.25, 0.3) is 5.91 Å². The molecule has 206 valence electrons. The number of amides is 5. The summed E-state index contributed by atoms with van der Waals surface area (Å²) in [5, 5.41) is 5.10. The van der Waals surface area contributed by atoms with Gasteiger partial charge in [0.1, 0.15) is 6.54 Å². The maximum absolute atomic E-state index is 14.0. The first-order valence-electron chi connectivity index (χ1n) is 12.7. The molecule has 0 bridgehead atoms.